The number of anilines is 4. The molecule has 204 valence electrons. The number of hydrogen-bond donors (Lipinski definition) is 2. The third-order valence-corrected chi connectivity index (χ3v) is 8.54. The first-order valence-electron chi connectivity index (χ1n) is 13.1. The van der Waals surface area contributed by atoms with Crippen LogP contribution in [0.2, 0.25) is 0 Å². The van der Waals surface area contributed by atoms with Gasteiger partial charge in [0.15, 0.2) is 0 Å². The van der Waals surface area contributed by atoms with Gasteiger partial charge in [-0.1, -0.05) is 19.9 Å². The molecule has 2 aromatic heterocycles. The Morgan fingerprint density at radius 1 is 1.08 bits per heavy atom. The molecule has 2 atom stereocenters. The zero-order valence-corrected chi connectivity index (χ0v) is 23.2. The smallest absolute Gasteiger partial charge is 0.227 e. The maximum Gasteiger partial charge on any atom is 0.227 e. The molecule has 38 heavy (non-hydrogen) atoms. The second-order valence-electron chi connectivity index (χ2n) is 10.8. The molecule has 5 rings (SSSR count). The van der Waals surface area contributed by atoms with Gasteiger partial charge in [0, 0.05) is 61.3 Å². The summed E-state index contributed by atoms with van der Waals surface area (Å²) >= 11 is 0. The zero-order valence-electron chi connectivity index (χ0n) is 22.4. The minimum atomic E-state index is -2.98. The van der Waals surface area contributed by atoms with Crippen molar-refractivity contribution in [2.45, 2.75) is 38.4 Å². The normalized spacial score (nSPS) is 20.7. The Morgan fingerprint density at radius 3 is 2.55 bits per heavy atom. The monoisotopic (exact) mass is 541 g/mol. The van der Waals surface area contributed by atoms with E-state index in [1.807, 2.05) is 17.2 Å². The summed E-state index contributed by atoms with van der Waals surface area (Å²) < 4.78 is 37.8. The number of nitrogens with one attached hydrogen (secondary N) is 2. The molecule has 0 aliphatic carbocycles. The Labute approximate surface area is 223 Å². The molecule has 0 amide bonds. The number of halogens is 1. The number of pyridine rings is 1. The highest BCUT2D eigenvalue weighted by Crippen LogP contribution is 2.37. The van der Waals surface area contributed by atoms with Crippen LogP contribution in [-0.2, 0) is 9.84 Å². The third-order valence-electron chi connectivity index (χ3n) is 7.46. The highest BCUT2D eigenvalue weighted by atomic mass is 32.2. The Bertz CT molecular complexity index is 1410. The summed E-state index contributed by atoms with van der Waals surface area (Å²) in [4.78, 5) is 17.8. The van der Waals surface area contributed by atoms with E-state index < -0.39 is 16.0 Å². The number of fused-ring (bicyclic) bond motifs is 1. The van der Waals surface area contributed by atoms with Crippen LogP contribution in [0.15, 0.2) is 36.7 Å². The SMILES string of the molecule is CN[C@@H]1CCN(c2nccc(Nc3cc4c(C(C)C)ccc(N5CC(CS(C)(=O)=O)C5)c4cn3)n2)C[C@@H]1F. The van der Waals surface area contributed by atoms with Crippen molar-refractivity contribution in [3.63, 3.8) is 0 Å². The van der Waals surface area contributed by atoms with Gasteiger partial charge in [-0.05, 0) is 48.5 Å². The number of piperidine rings is 1. The molecular formula is C27H36FN7O2S. The van der Waals surface area contributed by atoms with E-state index in [-0.39, 0.29) is 24.3 Å². The van der Waals surface area contributed by atoms with Crippen LogP contribution in [0.3, 0.4) is 0 Å². The number of nitrogens with zero attached hydrogens (tertiary/aromatic N) is 5. The van der Waals surface area contributed by atoms with Gasteiger partial charge in [-0.25, -0.2) is 22.8 Å². The van der Waals surface area contributed by atoms with E-state index in [0.717, 1.165) is 29.5 Å². The van der Waals surface area contributed by atoms with Crippen molar-refractivity contribution in [1.82, 2.24) is 20.3 Å². The average Bonchev–Trinajstić information content (AvgIpc) is 2.85. The van der Waals surface area contributed by atoms with E-state index in [1.54, 1.807) is 19.3 Å². The van der Waals surface area contributed by atoms with Gasteiger partial charge in [0.2, 0.25) is 5.95 Å². The van der Waals surface area contributed by atoms with Crippen LogP contribution in [0.4, 0.5) is 27.7 Å². The Morgan fingerprint density at radius 2 is 1.87 bits per heavy atom. The fraction of sp³-hybridized carbons (Fsp3) is 0.519. The molecule has 2 N–H and O–H groups in total. The summed E-state index contributed by atoms with van der Waals surface area (Å²) in [6.45, 7) is 6.72. The van der Waals surface area contributed by atoms with Gasteiger partial charge < -0.3 is 20.4 Å². The van der Waals surface area contributed by atoms with Gasteiger partial charge in [-0.3, -0.25) is 0 Å². The highest BCUT2D eigenvalue weighted by Gasteiger charge is 2.31. The lowest BCUT2D eigenvalue weighted by molar-refractivity contribution is 0.226. The Balaban J connectivity index is 1.37. The highest BCUT2D eigenvalue weighted by molar-refractivity contribution is 7.90. The second kappa shape index (κ2) is 10.6. The molecule has 9 nitrogen and oxygen atoms in total. The summed E-state index contributed by atoms with van der Waals surface area (Å²) in [5.41, 5.74) is 2.29. The first-order valence-corrected chi connectivity index (χ1v) is 15.2. The standard InChI is InChI=1S/C27H36FN7O2S/c1-17(2)19-5-6-24(35-13-18(14-35)16-38(4,36)37)21-12-31-26(11-20(19)21)32-25-7-9-30-27(33-25)34-10-8-23(29-3)22(28)15-34/h5-7,9,11-12,17-18,22-23,29H,8,10,13-16H2,1-4H3,(H,30,31,32,33)/t22-,23+/m0/s1. The van der Waals surface area contributed by atoms with Crippen LogP contribution in [0, 0.1) is 5.92 Å². The van der Waals surface area contributed by atoms with Crippen LogP contribution >= 0.6 is 0 Å². The second-order valence-corrected chi connectivity index (χ2v) is 13.0. The quantitative estimate of drug-likeness (QED) is 0.443. The number of alkyl halides is 1. The minimum Gasteiger partial charge on any atom is -0.370 e. The summed E-state index contributed by atoms with van der Waals surface area (Å²) in [7, 11) is -1.20. The van der Waals surface area contributed by atoms with Crippen LogP contribution in [0.5, 0.6) is 0 Å². The van der Waals surface area contributed by atoms with Crippen LogP contribution in [-0.4, -0.2) is 80.8 Å². The molecule has 0 radical (unpaired) electrons. The van der Waals surface area contributed by atoms with E-state index in [2.05, 4.69) is 56.5 Å². The van der Waals surface area contributed by atoms with Gasteiger partial charge in [-0.2, -0.15) is 4.98 Å². The lowest BCUT2D eigenvalue weighted by atomic mass is 9.93. The van der Waals surface area contributed by atoms with Crippen molar-refractivity contribution in [1.29, 1.82) is 0 Å². The van der Waals surface area contributed by atoms with Gasteiger partial charge in [0.05, 0.1) is 12.3 Å². The summed E-state index contributed by atoms with van der Waals surface area (Å²) in [5, 5.41) is 8.49. The molecule has 0 spiro atoms. The molecule has 3 aromatic rings. The van der Waals surface area contributed by atoms with Gasteiger partial charge >= 0.3 is 0 Å². The average molecular weight is 542 g/mol. The van der Waals surface area contributed by atoms with E-state index >= 15 is 0 Å². The molecule has 2 aliphatic rings. The lowest BCUT2D eigenvalue weighted by Crippen LogP contribution is -2.50. The maximum atomic E-state index is 14.5. The summed E-state index contributed by atoms with van der Waals surface area (Å²) in [5.74, 6) is 2.45. The molecule has 0 unspecified atom stereocenters. The van der Waals surface area contributed by atoms with E-state index in [4.69, 9.17) is 0 Å². The largest absolute Gasteiger partial charge is 0.370 e. The molecule has 0 bridgehead atoms. The van der Waals surface area contributed by atoms with Gasteiger partial charge in [0.25, 0.3) is 0 Å². The zero-order chi connectivity index (χ0) is 27.0. The number of benzene rings is 1. The lowest BCUT2D eigenvalue weighted by Gasteiger charge is -2.41. The minimum absolute atomic E-state index is 0.142. The fourth-order valence-corrected chi connectivity index (χ4v) is 6.57. The molecule has 2 saturated heterocycles. The molecule has 0 saturated carbocycles. The van der Waals surface area contributed by atoms with E-state index in [0.29, 0.717) is 36.5 Å². The Hall–Kier alpha value is -3.05. The summed E-state index contributed by atoms with van der Waals surface area (Å²) in [6, 6.07) is 7.96. The van der Waals surface area contributed by atoms with Crippen LogP contribution in [0.25, 0.3) is 10.8 Å². The van der Waals surface area contributed by atoms with Crippen LogP contribution in [0.1, 0.15) is 31.7 Å². The summed E-state index contributed by atoms with van der Waals surface area (Å²) in [6.07, 6.45) is 4.56. The number of sulfone groups is 1. The van der Waals surface area contributed by atoms with Crippen molar-refractivity contribution >= 4 is 43.9 Å². The van der Waals surface area contributed by atoms with Crippen molar-refractivity contribution in [3.8, 4) is 0 Å². The fourth-order valence-electron chi connectivity index (χ4n) is 5.51. The molecule has 4 heterocycles. The molecule has 11 heteroatoms. The number of aromatic nitrogens is 3. The number of hydrogen-bond acceptors (Lipinski definition) is 9. The van der Waals surface area contributed by atoms with Crippen molar-refractivity contribution in [3.05, 3.63) is 42.2 Å². The van der Waals surface area contributed by atoms with E-state index in [9.17, 15) is 12.8 Å². The predicted molar refractivity (Wildman–Crippen MR) is 151 cm³/mol. The van der Waals surface area contributed by atoms with Crippen molar-refractivity contribution < 1.29 is 12.8 Å². The van der Waals surface area contributed by atoms with Crippen molar-refractivity contribution in [2.24, 2.45) is 5.92 Å². The number of rotatable bonds is 8. The van der Waals surface area contributed by atoms with Crippen molar-refractivity contribution in [2.75, 3.05) is 60.4 Å². The first kappa shape index (κ1) is 26.6. The van der Waals surface area contributed by atoms with E-state index in [1.165, 1.54) is 11.8 Å². The molecule has 2 aliphatic heterocycles. The molecular weight excluding hydrogens is 505 g/mol. The van der Waals surface area contributed by atoms with Crippen LogP contribution < -0.4 is 20.4 Å². The maximum absolute atomic E-state index is 14.5. The molecule has 2 fully saturated rings. The Kier molecular flexibility index (Phi) is 7.41. The van der Waals surface area contributed by atoms with Gasteiger partial charge in [0.1, 0.15) is 27.6 Å². The topological polar surface area (TPSA) is 103 Å². The predicted octanol–water partition coefficient (Wildman–Crippen LogP) is 3.51. The molecule has 1 aromatic carbocycles. The first-order chi connectivity index (χ1) is 18.1. The third kappa shape index (κ3) is 5.68. The van der Waals surface area contributed by atoms with Gasteiger partial charge in [-0.15, -0.1) is 0 Å².